The molecule has 0 radical (unpaired) electrons. The van der Waals surface area contributed by atoms with Crippen LogP contribution in [0.3, 0.4) is 0 Å². The normalized spacial score (nSPS) is 12.6. The number of esters is 1. The van der Waals surface area contributed by atoms with Gasteiger partial charge < -0.3 is 4.74 Å². The van der Waals surface area contributed by atoms with Crippen molar-refractivity contribution in [2.24, 2.45) is 0 Å². The van der Waals surface area contributed by atoms with Gasteiger partial charge in [-0.3, -0.25) is 4.98 Å². The monoisotopic (exact) mass is 320 g/mol. The van der Waals surface area contributed by atoms with Crippen molar-refractivity contribution in [1.82, 2.24) is 9.71 Å². The minimum atomic E-state index is -3.76. The van der Waals surface area contributed by atoms with Crippen LogP contribution in [-0.2, 0) is 14.8 Å². The molecule has 0 fully saturated rings. The maximum absolute atomic E-state index is 12.4. The summed E-state index contributed by atoms with van der Waals surface area (Å²) in [5.41, 5.74) is 0.926. The number of hydrogen-bond acceptors (Lipinski definition) is 5. The van der Waals surface area contributed by atoms with Crippen molar-refractivity contribution in [3.8, 4) is 0 Å². The first kappa shape index (κ1) is 16.1. The first-order valence-electron chi connectivity index (χ1n) is 6.54. The second-order valence-corrected chi connectivity index (χ2v) is 6.36. The molecule has 116 valence electrons. The van der Waals surface area contributed by atoms with Gasteiger partial charge in [0.15, 0.2) is 0 Å². The Labute approximate surface area is 129 Å². The number of pyridine rings is 1. The van der Waals surface area contributed by atoms with Crippen LogP contribution < -0.4 is 4.72 Å². The van der Waals surface area contributed by atoms with Crippen molar-refractivity contribution in [2.75, 3.05) is 7.11 Å². The zero-order valence-corrected chi connectivity index (χ0v) is 13.0. The molecule has 22 heavy (non-hydrogen) atoms. The van der Waals surface area contributed by atoms with E-state index in [0.717, 1.165) is 5.56 Å². The van der Waals surface area contributed by atoms with Crippen molar-refractivity contribution in [1.29, 1.82) is 0 Å². The molecule has 0 aliphatic rings. The van der Waals surface area contributed by atoms with Crippen LogP contribution in [0.15, 0.2) is 53.7 Å². The lowest BCUT2D eigenvalue weighted by atomic mass is 10.2. The molecule has 0 saturated heterocycles. The highest BCUT2D eigenvalue weighted by molar-refractivity contribution is 7.89. The number of benzene rings is 1. The average Bonchev–Trinajstić information content (AvgIpc) is 2.54. The summed E-state index contributed by atoms with van der Waals surface area (Å²) in [5.74, 6) is -0.586. The Morgan fingerprint density at radius 2 is 2.05 bits per heavy atom. The summed E-state index contributed by atoms with van der Waals surface area (Å²) >= 11 is 0. The third kappa shape index (κ3) is 3.69. The van der Waals surface area contributed by atoms with Crippen LogP contribution >= 0.6 is 0 Å². The van der Waals surface area contributed by atoms with Crippen LogP contribution in [0.2, 0.25) is 0 Å². The first-order valence-corrected chi connectivity index (χ1v) is 8.03. The molecular formula is C15H16N2O4S. The summed E-state index contributed by atoms with van der Waals surface area (Å²) in [7, 11) is -2.52. The van der Waals surface area contributed by atoms with E-state index in [-0.39, 0.29) is 10.5 Å². The number of hydrogen-bond donors (Lipinski definition) is 1. The van der Waals surface area contributed by atoms with Gasteiger partial charge in [-0.15, -0.1) is 0 Å². The molecule has 2 aromatic rings. The van der Waals surface area contributed by atoms with Crippen LogP contribution in [0.1, 0.15) is 28.9 Å². The van der Waals surface area contributed by atoms with Crippen molar-refractivity contribution in [3.05, 3.63) is 59.9 Å². The molecule has 1 N–H and O–H groups in total. The second-order valence-electron chi connectivity index (χ2n) is 4.65. The maximum atomic E-state index is 12.4. The van der Waals surface area contributed by atoms with E-state index in [9.17, 15) is 13.2 Å². The summed E-state index contributed by atoms with van der Waals surface area (Å²) in [6, 6.07) is 8.77. The lowest BCUT2D eigenvalue weighted by Gasteiger charge is -2.14. The van der Waals surface area contributed by atoms with Gasteiger partial charge in [0.25, 0.3) is 0 Å². The van der Waals surface area contributed by atoms with E-state index < -0.39 is 22.0 Å². The topological polar surface area (TPSA) is 85.4 Å². The maximum Gasteiger partial charge on any atom is 0.337 e. The number of aromatic nitrogens is 1. The fourth-order valence-corrected chi connectivity index (χ4v) is 3.19. The van der Waals surface area contributed by atoms with Crippen molar-refractivity contribution >= 4 is 16.0 Å². The van der Waals surface area contributed by atoms with E-state index in [1.807, 2.05) is 0 Å². The number of nitrogens with zero attached hydrogens (tertiary/aromatic N) is 1. The molecule has 6 nitrogen and oxygen atoms in total. The fourth-order valence-electron chi connectivity index (χ4n) is 1.91. The van der Waals surface area contributed by atoms with E-state index in [0.29, 0.717) is 0 Å². The highest BCUT2D eigenvalue weighted by Gasteiger charge is 2.20. The van der Waals surface area contributed by atoms with E-state index >= 15 is 0 Å². The van der Waals surface area contributed by atoms with E-state index in [4.69, 9.17) is 0 Å². The Morgan fingerprint density at radius 1 is 1.27 bits per heavy atom. The molecule has 7 heteroatoms. The Balaban J connectivity index is 2.25. The second kappa shape index (κ2) is 6.67. The molecule has 0 bridgehead atoms. The molecule has 1 heterocycles. The summed E-state index contributed by atoms with van der Waals surface area (Å²) < 4.78 is 31.9. The fraction of sp³-hybridized carbons (Fsp3) is 0.200. The standard InChI is InChI=1S/C15H16N2O4S/c1-11(13-6-4-8-16-10-13)17-22(19,20)14-7-3-5-12(9-14)15(18)21-2/h3-11,17H,1-2H3. The van der Waals surface area contributed by atoms with Gasteiger partial charge in [-0.25, -0.2) is 17.9 Å². The molecule has 1 aromatic heterocycles. The van der Waals surface area contributed by atoms with Gasteiger partial charge in [0.2, 0.25) is 10.0 Å². The highest BCUT2D eigenvalue weighted by Crippen LogP contribution is 2.17. The van der Waals surface area contributed by atoms with Crippen LogP contribution in [0.4, 0.5) is 0 Å². The Hall–Kier alpha value is -2.25. The van der Waals surface area contributed by atoms with Crippen LogP contribution in [0.25, 0.3) is 0 Å². The number of methoxy groups -OCH3 is 1. The number of nitrogens with one attached hydrogen (secondary N) is 1. The third-order valence-electron chi connectivity index (χ3n) is 3.08. The van der Waals surface area contributed by atoms with Gasteiger partial charge in [-0.1, -0.05) is 12.1 Å². The zero-order valence-electron chi connectivity index (χ0n) is 12.2. The minimum Gasteiger partial charge on any atom is -0.465 e. The number of rotatable bonds is 5. The molecule has 0 aliphatic carbocycles. The molecule has 0 saturated carbocycles. The Morgan fingerprint density at radius 3 is 2.68 bits per heavy atom. The molecule has 1 unspecified atom stereocenters. The number of carbonyl (C=O) groups excluding carboxylic acids is 1. The Bertz CT molecular complexity index is 760. The van der Waals surface area contributed by atoms with Crippen LogP contribution in [-0.4, -0.2) is 26.5 Å². The predicted octanol–water partition coefficient (Wildman–Crippen LogP) is 1.91. The Kier molecular flexibility index (Phi) is 4.89. The van der Waals surface area contributed by atoms with Crippen molar-refractivity contribution in [3.63, 3.8) is 0 Å². The molecular weight excluding hydrogens is 304 g/mol. The lowest BCUT2D eigenvalue weighted by molar-refractivity contribution is 0.0600. The zero-order chi connectivity index (χ0) is 16.2. The number of ether oxygens (including phenoxy) is 1. The molecule has 1 aromatic carbocycles. The summed E-state index contributed by atoms with van der Waals surface area (Å²) in [4.78, 5) is 15.5. The molecule has 0 amide bonds. The van der Waals surface area contributed by atoms with Gasteiger partial charge in [-0.2, -0.15) is 0 Å². The average molecular weight is 320 g/mol. The largest absolute Gasteiger partial charge is 0.465 e. The third-order valence-corrected chi connectivity index (χ3v) is 4.62. The first-order chi connectivity index (χ1) is 10.4. The molecule has 1 atom stereocenters. The molecule has 0 aliphatic heterocycles. The van der Waals surface area contributed by atoms with E-state index in [1.165, 1.54) is 31.4 Å². The quantitative estimate of drug-likeness (QED) is 0.851. The van der Waals surface area contributed by atoms with Crippen molar-refractivity contribution in [2.45, 2.75) is 17.9 Å². The van der Waals surface area contributed by atoms with Gasteiger partial charge in [0.1, 0.15) is 0 Å². The van der Waals surface area contributed by atoms with Crippen molar-refractivity contribution < 1.29 is 17.9 Å². The highest BCUT2D eigenvalue weighted by atomic mass is 32.2. The smallest absolute Gasteiger partial charge is 0.337 e. The lowest BCUT2D eigenvalue weighted by Crippen LogP contribution is -2.27. The van der Waals surface area contributed by atoms with E-state index in [1.54, 1.807) is 31.5 Å². The van der Waals surface area contributed by atoms with Gasteiger partial charge >= 0.3 is 5.97 Å². The molecule has 2 rings (SSSR count). The van der Waals surface area contributed by atoms with Crippen LogP contribution in [0.5, 0.6) is 0 Å². The number of carbonyl (C=O) groups is 1. The summed E-state index contributed by atoms with van der Waals surface area (Å²) in [5, 5.41) is 0. The van der Waals surface area contributed by atoms with Gasteiger partial charge in [-0.05, 0) is 36.8 Å². The number of sulfonamides is 1. The van der Waals surface area contributed by atoms with Gasteiger partial charge in [0, 0.05) is 18.4 Å². The minimum absolute atomic E-state index is 0.00569. The summed E-state index contributed by atoms with van der Waals surface area (Å²) in [6.07, 6.45) is 3.21. The SMILES string of the molecule is COC(=O)c1cccc(S(=O)(=O)NC(C)c2cccnc2)c1. The van der Waals surface area contributed by atoms with Crippen LogP contribution in [0, 0.1) is 0 Å². The van der Waals surface area contributed by atoms with E-state index in [2.05, 4.69) is 14.4 Å². The molecule has 0 spiro atoms. The predicted molar refractivity (Wildman–Crippen MR) is 80.8 cm³/mol. The summed E-state index contributed by atoms with van der Waals surface area (Å²) in [6.45, 7) is 1.72. The van der Waals surface area contributed by atoms with Gasteiger partial charge in [0.05, 0.1) is 17.6 Å².